The number of carbonyl (C=O) groups is 2. The Hall–Kier alpha value is -3.81. The van der Waals surface area contributed by atoms with Gasteiger partial charge in [-0.15, -0.1) is 0 Å². The number of carbonyl (C=O) groups excluding carboxylic acids is 2. The van der Waals surface area contributed by atoms with Crippen molar-refractivity contribution < 1.29 is 9.59 Å². The summed E-state index contributed by atoms with van der Waals surface area (Å²) in [7, 11) is 0. The molecule has 4 rings (SSSR count). The van der Waals surface area contributed by atoms with Crippen LogP contribution in [-0.4, -0.2) is 31.6 Å². The summed E-state index contributed by atoms with van der Waals surface area (Å²) in [5.41, 5.74) is 7.64. The van der Waals surface area contributed by atoms with Crippen molar-refractivity contribution in [3.63, 3.8) is 0 Å². The molecule has 0 saturated carbocycles. The molecule has 0 fully saturated rings. The number of hydrogen-bond acceptors (Lipinski definition) is 5. The van der Waals surface area contributed by atoms with E-state index < -0.39 is 0 Å². The van der Waals surface area contributed by atoms with E-state index in [1.807, 2.05) is 33.0 Å². The minimum atomic E-state index is -0.274. The van der Waals surface area contributed by atoms with E-state index in [4.69, 9.17) is 0 Å². The number of rotatable bonds is 12. The maximum absolute atomic E-state index is 13.4. The lowest BCUT2D eigenvalue weighted by molar-refractivity contribution is -0.123. The van der Waals surface area contributed by atoms with Gasteiger partial charge < -0.3 is 10.6 Å². The summed E-state index contributed by atoms with van der Waals surface area (Å²) >= 11 is 0. The Morgan fingerprint density at radius 2 is 1.79 bits per heavy atom. The quantitative estimate of drug-likeness (QED) is 0.233. The standard InChI is InChI=1S/C34H46N6O2/c1-8-12-24(28-21-37-40-15-11-13-31(28)40)16-25-17-26(19-35-22(25)4)32(41)39-30-18-27(20-36-23(30)5)38-33(42)29(10-3)34(6,7)14-9-2/h16-21,29H,8-15H2,1-7H3,(H,38,42)(H,39,41)/b24-16+. The van der Waals surface area contributed by atoms with Gasteiger partial charge in [-0.25, -0.2) is 0 Å². The number of fused-ring (bicyclic) bond motifs is 1. The molecule has 42 heavy (non-hydrogen) atoms. The van der Waals surface area contributed by atoms with Crippen LogP contribution < -0.4 is 10.6 Å². The number of aromatic nitrogens is 4. The van der Waals surface area contributed by atoms with Gasteiger partial charge in [-0.2, -0.15) is 5.10 Å². The zero-order chi connectivity index (χ0) is 30.4. The predicted molar refractivity (Wildman–Crippen MR) is 170 cm³/mol. The molecule has 2 N–H and O–H groups in total. The highest BCUT2D eigenvalue weighted by atomic mass is 16.2. The summed E-state index contributed by atoms with van der Waals surface area (Å²) in [6, 6.07) is 3.67. The van der Waals surface area contributed by atoms with E-state index in [0.29, 0.717) is 22.6 Å². The molecule has 0 bridgehead atoms. The van der Waals surface area contributed by atoms with E-state index in [1.165, 1.54) is 16.8 Å². The number of anilines is 2. The Morgan fingerprint density at radius 3 is 2.50 bits per heavy atom. The summed E-state index contributed by atoms with van der Waals surface area (Å²) in [5.74, 6) is -0.419. The van der Waals surface area contributed by atoms with Gasteiger partial charge in [0.05, 0.1) is 35.0 Å². The Labute approximate surface area is 250 Å². The van der Waals surface area contributed by atoms with E-state index in [1.54, 1.807) is 18.5 Å². The summed E-state index contributed by atoms with van der Waals surface area (Å²) < 4.78 is 2.11. The van der Waals surface area contributed by atoms with Crippen LogP contribution in [0.1, 0.15) is 112 Å². The largest absolute Gasteiger partial charge is 0.324 e. The first-order valence-electron chi connectivity index (χ1n) is 15.4. The molecule has 8 nitrogen and oxygen atoms in total. The first-order valence-corrected chi connectivity index (χ1v) is 15.4. The second-order valence-corrected chi connectivity index (χ2v) is 12.1. The molecule has 2 amide bonds. The molecule has 0 radical (unpaired) electrons. The molecule has 224 valence electrons. The number of aryl methyl sites for hydroxylation is 3. The van der Waals surface area contributed by atoms with Crippen molar-refractivity contribution in [1.82, 2.24) is 19.7 Å². The molecule has 0 aromatic carbocycles. The zero-order valence-electron chi connectivity index (χ0n) is 26.3. The third kappa shape index (κ3) is 6.97. The maximum atomic E-state index is 13.4. The highest BCUT2D eigenvalue weighted by Crippen LogP contribution is 2.35. The van der Waals surface area contributed by atoms with Crippen LogP contribution in [0.4, 0.5) is 11.4 Å². The second kappa shape index (κ2) is 13.4. The van der Waals surface area contributed by atoms with E-state index in [-0.39, 0.29) is 23.1 Å². The van der Waals surface area contributed by atoms with Crippen LogP contribution in [0.25, 0.3) is 11.6 Å². The summed E-state index contributed by atoms with van der Waals surface area (Å²) in [4.78, 5) is 35.6. The summed E-state index contributed by atoms with van der Waals surface area (Å²) in [6.45, 7) is 15.4. The van der Waals surface area contributed by atoms with Crippen molar-refractivity contribution in [2.75, 3.05) is 10.6 Å². The van der Waals surface area contributed by atoms with E-state index in [2.05, 4.69) is 64.2 Å². The van der Waals surface area contributed by atoms with Crippen LogP contribution in [0.15, 0.2) is 30.7 Å². The number of amides is 2. The maximum Gasteiger partial charge on any atom is 0.257 e. The van der Waals surface area contributed by atoms with Crippen LogP contribution in [0.2, 0.25) is 0 Å². The van der Waals surface area contributed by atoms with Gasteiger partial charge in [-0.1, -0.05) is 47.5 Å². The fourth-order valence-corrected chi connectivity index (χ4v) is 6.16. The first kappa shape index (κ1) is 31.1. The lowest BCUT2D eigenvalue weighted by Gasteiger charge is -2.32. The minimum absolute atomic E-state index is 0.0232. The number of pyridine rings is 2. The number of nitrogens with one attached hydrogen (secondary N) is 2. The van der Waals surface area contributed by atoms with Crippen molar-refractivity contribution >= 4 is 34.8 Å². The molecule has 1 unspecified atom stereocenters. The minimum Gasteiger partial charge on any atom is -0.324 e. The molecule has 1 aliphatic rings. The van der Waals surface area contributed by atoms with Gasteiger partial charge in [0.1, 0.15) is 0 Å². The highest BCUT2D eigenvalue weighted by Gasteiger charge is 2.33. The molecule has 3 aromatic rings. The van der Waals surface area contributed by atoms with Crippen molar-refractivity contribution in [3.05, 3.63) is 64.5 Å². The fraction of sp³-hybridized carbons (Fsp3) is 0.500. The van der Waals surface area contributed by atoms with Crippen LogP contribution >= 0.6 is 0 Å². The van der Waals surface area contributed by atoms with E-state index in [0.717, 1.165) is 62.7 Å². The number of hydrogen-bond donors (Lipinski definition) is 2. The monoisotopic (exact) mass is 570 g/mol. The second-order valence-electron chi connectivity index (χ2n) is 12.1. The Bertz CT molecular complexity index is 1470. The topological polar surface area (TPSA) is 102 Å². The van der Waals surface area contributed by atoms with Crippen LogP contribution in [0, 0.1) is 25.2 Å². The van der Waals surface area contributed by atoms with Crippen molar-refractivity contribution in [3.8, 4) is 0 Å². The number of nitrogens with zero attached hydrogens (tertiary/aromatic N) is 4. The van der Waals surface area contributed by atoms with Gasteiger partial charge in [0.15, 0.2) is 0 Å². The molecule has 4 heterocycles. The molecule has 0 spiro atoms. The van der Waals surface area contributed by atoms with Gasteiger partial charge in [0.25, 0.3) is 5.91 Å². The summed E-state index contributed by atoms with van der Waals surface area (Å²) in [6.07, 6.45) is 14.2. The average Bonchev–Trinajstić information content (AvgIpc) is 3.56. The normalized spacial score (nSPS) is 14.0. The Kier molecular flexibility index (Phi) is 9.97. The first-order chi connectivity index (χ1) is 20.1. The van der Waals surface area contributed by atoms with Gasteiger partial charge in [-0.3, -0.25) is 24.2 Å². The molecular weight excluding hydrogens is 524 g/mol. The van der Waals surface area contributed by atoms with Crippen LogP contribution in [-0.2, 0) is 17.8 Å². The molecule has 8 heteroatoms. The SMILES string of the molecule is CCC/C(=C\c1cc(C(=O)Nc2cc(NC(=O)C(CC)C(C)(C)CCC)cnc2C)cnc1C)c1cnn2c1CCC2. The van der Waals surface area contributed by atoms with E-state index >= 15 is 0 Å². The lowest BCUT2D eigenvalue weighted by atomic mass is 9.73. The molecule has 3 aromatic heterocycles. The average molecular weight is 571 g/mol. The van der Waals surface area contributed by atoms with Crippen molar-refractivity contribution in [2.24, 2.45) is 11.3 Å². The molecule has 0 aliphatic carbocycles. The predicted octanol–water partition coefficient (Wildman–Crippen LogP) is 7.62. The number of allylic oxidation sites excluding steroid dienone is 1. The summed E-state index contributed by atoms with van der Waals surface area (Å²) in [5, 5.41) is 10.6. The van der Waals surface area contributed by atoms with Gasteiger partial charge in [0, 0.05) is 35.6 Å². The van der Waals surface area contributed by atoms with Crippen molar-refractivity contribution in [1.29, 1.82) is 0 Å². The zero-order valence-corrected chi connectivity index (χ0v) is 26.3. The highest BCUT2D eigenvalue weighted by molar-refractivity contribution is 6.05. The van der Waals surface area contributed by atoms with Gasteiger partial charge in [-0.05, 0) is 80.7 Å². The lowest BCUT2D eigenvalue weighted by Crippen LogP contribution is -2.34. The Balaban J connectivity index is 1.55. The van der Waals surface area contributed by atoms with Crippen LogP contribution in [0.5, 0.6) is 0 Å². The molecule has 0 saturated heterocycles. The van der Waals surface area contributed by atoms with E-state index in [9.17, 15) is 9.59 Å². The van der Waals surface area contributed by atoms with Gasteiger partial charge in [0.2, 0.25) is 5.91 Å². The van der Waals surface area contributed by atoms with Crippen molar-refractivity contribution in [2.45, 2.75) is 100.0 Å². The third-order valence-electron chi connectivity index (χ3n) is 8.48. The van der Waals surface area contributed by atoms with Gasteiger partial charge >= 0.3 is 0 Å². The molecule has 1 atom stereocenters. The third-order valence-corrected chi connectivity index (χ3v) is 8.48. The van der Waals surface area contributed by atoms with Crippen LogP contribution in [0.3, 0.4) is 0 Å². The smallest absolute Gasteiger partial charge is 0.257 e. The Morgan fingerprint density at radius 1 is 1.02 bits per heavy atom. The fourth-order valence-electron chi connectivity index (χ4n) is 6.16. The molecular formula is C34H46N6O2. The molecule has 1 aliphatic heterocycles.